The molecule has 0 saturated carbocycles. The minimum absolute atomic E-state index is 0.0382. The van der Waals surface area contributed by atoms with E-state index in [1.54, 1.807) is 23.9 Å². The van der Waals surface area contributed by atoms with Gasteiger partial charge in [0.1, 0.15) is 6.54 Å². The van der Waals surface area contributed by atoms with Gasteiger partial charge in [0.2, 0.25) is 5.91 Å². The molecule has 1 saturated heterocycles. The van der Waals surface area contributed by atoms with Crippen molar-refractivity contribution in [3.05, 3.63) is 36.0 Å². The number of para-hydroxylation sites is 1. The zero-order valence-electron chi connectivity index (χ0n) is 15.6. The number of ether oxygens (including phenoxy) is 1. The molecule has 1 fully saturated rings. The second-order valence-electron chi connectivity index (χ2n) is 6.71. The van der Waals surface area contributed by atoms with E-state index in [2.05, 4.69) is 5.32 Å². The van der Waals surface area contributed by atoms with Crippen molar-refractivity contribution in [1.82, 2.24) is 14.8 Å². The molecule has 1 aliphatic heterocycles. The molecule has 7 nitrogen and oxygen atoms in total. The van der Waals surface area contributed by atoms with Crippen LogP contribution in [0.5, 0.6) is 0 Å². The van der Waals surface area contributed by atoms with E-state index >= 15 is 0 Å². The molecule has 1 aromatic carbocycles. The summed E-state index contributed by atoms with van der Waals surface area (Å²) in [5, 5.41) is 3.31. The molecule has 2 aromatic rings. The van der Waals surface area contributed by atoms with E-state index in [1.807, 2.05) is 23.1 Å². The summed E-state index contributed by atoms with van der Waals surface area (Å²) >= 11 is 0. The first-order chi connectivity index (χ1) is 13.1. The fraction of sp³-hybridized carbons (Fsp3) is 0.450. The maximum Gasteiger partial charge on any atom is 0.292 e. The molecule has 27 heavy (non-hydrogen) atoms. The van der Waals surface area contributed by atoms with Crippen molar-refractivity contribution in [2.45, 2.75) is 25.8 Å². The molecule has 1 aliphatic rings. The number of rotatable bonds is 8. The summed E-state index contributed by atoms with van der Waals surface area (Å²) in [6.07, 6.45) is 4.33. The minimum Gasteiger partial charge on any atom is -0.385 e. The highest BCUT2D eigenvalue weighted by atomic mass is 16.5. The van der Waals surface area contributed by atoms with Crippen LogP contribution in [-0.4, -0.2) is 60.4 Å². The van der Waals surface area contributed by atoms with Crippen molar-refractivity contribution >= 4 is 28.5 Å². The van der Waals surface area contributed by atoms with E-state index in [1.165, 1.54) is 0 Å². The number of likely N-dealkylation sites (tertiary alicyclic amines) is 1. The molecule has 3 rings (SSSR count). The number of amides is 2. The fourth-order valence-electron chi connectivity index (χ4n) is 3.39. The molecule has 144 valence electrons. The van der Waals surface area contributed by atoms with Crippen molar-refractivity contribution in [1.29, 1.82) is 0 Å². The summed E-state index contributed by atoms with van der Waals surface area (Å²) < 4.78 is 6.70. The van der Waals surface area contributed by atoms with Gasteiger partial charge in [0.25, 0.3) is 11.7 Å². The summed E-state index contributed by atoms with van der Waals surface area (Å²) in [6.45, 7) is 2.64. The smallest absolute Gasteiger partial charge is 0.292 e. The molecule has 0 atom stereocenters. The van der Waals surface area contributed by atoms with E-state index in [-0.39, 0.29) is 12.5 Å². The third-order valence-electron chi connectivity index (χ3n) is 4.81. The van der Waals surface area contributed by atoms with Gasteiger partial charge in [-0.1, -0.05) is 18.2 Å². The number of hydrogen-bond donors (Lipinski definition) is 1. The lowest BCUT2D eigenvalue weighted by Gasteiger charge is -2.15. The van der Waals surface area contributed by atoms with Gasteiger partial charge in [0.05, 0.1) is 5.56 Å². The van der Waals surface area contributed by atoms with Crippen LogP contribution in [0.4, 0.5) is 0 Å². The molecule has 0 radical (unpaired) electrons. The highest BCUT2D eigenvalue weighted by Crippen LogP contribution is 2.22. The van der Waals surface area contributed by atoms with Crippen molar-refractivity contribution in [2.75, 3.05) is 33.4 Å². The lowest BCUT2D eigenvalue weighted by atomic mass is 10.1. The first kappa shape index (κ1) is 19.1. The van der Waals surface area contributed by atoms with Crippen LogP contribution in [-0.2, 0) is 20.9 Å². The number of carbonyl (C=O) groups excluding carboxylic acids is 3. The number of fused-ring (bicyclic) bond motifs is 1. The number of hydrogen-bond acceptors (Lipinski definition) is 4. The molecule has 2 amide bonds. The van der Waals surface area contributed by atoms with E-state index in [0.29, 0.717) is 30.5 Å². The highest BCUT2D eigenvalue weighted by Gasteiger charge is 2.23. The maximum atomic E-state index is 12.6. The van der Waals surface area contributed by atoms with E-state index in [9.17, 15) is 14.4 Å². The number of ketones is 1. The van der Waals surface area contributed by atoms with Gasteiger partial charge < -0.3 is 19.5 Å². The van der Waals surface area contributed by atoms with Crippen LogP contribution in [0.25, 0.3) is 10.9 Å². The monoisotopic (exact) mass is 371 g/mol. The third-order valence-corrected chi connectivity index (χ3v) is 4.81. The molecule has 1 N–H and O–H groups in total. The highest BCUT2D eigenvalue weighted by molar-refractivity contribution is 6.45. The first-order valence-corrected chi connectivity index (χ1v) is 9.29. The molecule has 0 bridgehead atoms. The Labute approximate surface area is 158 Å². The van der Waals surface area contributed by atoms with Crippen molar-refractivity contribution in [2.24, 2.45) is 0 Å². The molecular weight excluding hydrogens is 346 g/mol. The largest absolute Gasteiger partial charge is 0.385 e. The van der Waals surface area contributed by atoms with Crippen LogP contribution >= 0.6 is 0 Å². The van der Waals surface area contributed by atoms with Crippen LogP contribution in [0, 0.1) is 0 Å². The van der Waals surface area contributed by atoms with E-state index in [4.69, 9.17) is 4.74 Å². The third kappa shape index (κ3) is 4.36. The average Bonchev–Trinajstić information content (AvgIpc) is 3.33. The average molecular weight is 371 g/mol. The standard InChI is InChI=1S/C20H25N3O4/c1-27-12-6-9-21-20(26)19(25)16-13-23(17-8-3-2-7-15(16)17)14-18(24)22-10-4-5-11-22/h2-3,7-8,13H,4-6,9-12,14H2,1H3,(H,21,26). The Morgan fingerprint density at radius 1 is 1.15 bits per heavy atom. The quantitative estimate of drug-likeness (QED) is 0.434. The van der Waals surface area contributed by atoms with Gasteiger partial charge in [-0.25, -0.2) is 0 Å². The van der Waals surface area contributed by atoms with Gasteiger partial charge in [-0.15, -0.1) is 0 Å². The second kappa shape index (κ2) is 8.81. The van der Waals surface area contributed by atoms with E-state index in [0.717, 1.165) is 31.4 Å². The van der Waals surface area contributed by atoms with Crippen molar-refractivity contribution in [3.8, 4) is 0 Å². The van der Waals surface area contributed by atoms with Crippen LogP contribution < -0.4 is 5.32 Å². The Kier molecular flexibility index (Phi) is 6.24. The molecule has 2 heterocycles. The predicted molar refractivity (Wildman–Crippen MR) is 102 cm³/mol. The molecule has 1 aromatic heterocycles. The summed E-state index contributed by atoms with van der Waals surface area (Å²) in [6, 6.07) is 7.35. The number of aromatic nitrogens is 1. The van der Waals surface area contributed by atoms with Crippen LogP contribution in [0.3, 0.4) is 0 Å². The zero-order chi connectivity index (χ0) is 19.2. The number of nitrogens with zero attached hydrogens (tertiary/aromatic N) is 2. The minimum atomic E-state index is -0.639. The van der Waals surface area contributed by atoms with Crippen LogP contribution in [0.1, 0.15) is 29.6 Å². The summed E-state index contributed by atoms with van der Waals surface area (Å²) in [7, 11) is 1.59. The van der Waals surface area contributed by atoms with Gasteiger partial charge in [0.15, 0.2) is 0 Å². The SMILES string of the molecule is COCCCNC(=O)C(=O)c1cn(CC(=O)N2CCCC2)c2ccccc12. The Bertz CT molecular complexity index is 837. The predicted octanol–water partition coefficient (Wildman–Crippen LogP) is 1.60. The Balaban J connectivity index is 1.78. The van der Waals surface area contributed by atoms with Gasteiger partial charge >= 0.3 is 0 Å². The lowest BCUT2D eigenvalue weighted by Crippen LogP contribution is -2.32. The van der Waals surface area contributed by atoms with Crippen molar-refractivity contribution in [3.63, 3.8) is 0 Å². The molecular formula is C20H25N3O4. The summed E-state index contributed by atoms with van der Waals surface area (Å²) in [5.41, 5.74) is 1.10. The van der Waals surface area contributed by atoms with Crippen LogP contribution in [0.2, 0.25) is 0 Å². The maximum absolute atomic E-state index is 12.6. The Hall–Kier alpha value is -2.67. The number of Topliss-reactive ketones (excluding diaryl/α,β-unsaturated/α-hetero) is 1. The lowest BCUT2D eigenvalue weighted by molar-refractivity contribution is -0.130. The topological polar surface area (TPSA) is 80.6 Å². The first-order valence-electron chi connectivity index (χ1n) is 9.29. The Morgan fingerprint density at radius 3 is 2.63 bits per heavy atom. The number of carbonyl (C=O) groups is 3. The number of benzene rings is 1. The second-order valence-corrected chi connectivity index (χ2v) is 6.71. The number of nitrogens with one attached hydrogen (secondary N) is 1. The fourth-order valence-corrected chi connectivity index (χ4v) is 3.39. The van der Waals surface area contributed by atoms with Gasteiger partial charge in [-0.3, -0.25) is 14.4 Å². The van der Waals surface area contributed by atoms with Gasteiger partial charge in [-0.05, 0) is 25.3 Å². The van der Waals surface area contributed by atoms with Gasteiger partial charge in [0, 0.05) is 50.5 Å². The van der Waals surface area contributed by atoms with Crippen molar-refractivity contribution < 1.29 is 19.1 Å². The number of methoxy groups -OCH3 is 1. The Morgan fingerprint density at radius 2 is 1.89 bits per heavy atom. The molecule has 0 aliphatic carbocycles. The molecule has 0 spiro atoms. The van der Waals surface area contributed by atoms with Gasteiger partial charge in [-0.2, -0.15) is 0 Å². The summed E-state index contributed by atoms with van der Waals surface area (Å²) in [4.78, 5) is 39.2. The van der Waals surface area contributed by atoms with E-state index < -0.39 is 11.7 Å². The molecule has 7 heteroatoms. The van der Waals surface area contributed by atoms with Crippen LogP contribution in [0.15, 0.2) is 30.5 Å². The zero-order valence-corrected chi connectivity index (χ0v) is 15.6. The molecule has 0 unspecified atom stereocenters. The summed E-state index contributed by atoms with van der Waals surface area (Å²) in [5.74, 6) is -1.19. The normalized spacial score (nSPS) is 13.9.